The fraction of sp³-hybridized carbons (Fsp3) is 0. The maximum atomic E-state index is 2.53. The standard InChI is InChI=1S/C54H32N2/c1-2-13-38-35(12-1)32-46-40-15-4-3-14-39(40)43-20-11-23-49-51(43)53-52(46)50(38)44-18-5-6-19-45(44)54(53)56(49)37-30-26-34(27-31-37)33-24-28-36(29-25-33)55-47-21-9-7-16-41(47)42-17-8-10-22-48(42)55/h1-32H. The fourth-order valence-electron chi connectivity index (χ4n) is 10.1. The Bertz CT molecular complexity index is 3560. The van der Waals surface area contributed by atoms with Crippen molar-refractivity contribution in [1.82, 2.24) is 9.13 Å². The molecule has 0 bridgehead atoms. The second kappa shape index (κ2) is 11.1. The molecule has 0 saturated heterocycles. The maximum absolute atomic E-state index is 2.53. The zero-order chi connectivity index (χ0) is 36.5. The largest absolute Gasteiger partial charge is 0.309 e. The summed E-state index contributed by atoms with van der Waals surface area (Å²) in [5, 5.41) is 13.0. The molecule has 0 atom stereocenters. The predicted octanol–water partition coefficient (Wildman–Crippen LogP) is 14.7. The Morgan fingerprint density at radius 1 is 0.268 bits per heavy atom. The molecule has 56 heavy (non-hydrogen) atoms. The summed E-state index contributed by atoms with van der Waals surface area (Å²) in [4.78, 5) is 0. The highest BCUT2D eigenvalue weighted by molar-refractivity contribution is 6.41. The zero-order valence-corrected chi connectivity index (χ0v) is 30.4. The minimum atomic E-state index is 1.16. The molecule has 2 heterocycles. The average molecular weight is 709 g/mol. The van der Waals surface area contributed by atoms with Crippen LogP contribution in [0.1, 0.15) is 0 Å². The van der Waals surface area contributed by atoms with Crippen LogP contribution in [0.4, 0.5) is 0 Å². The molecule has 1 aliphatic carbocycles. The molecular formula is C54H32N2. The Balaban J connectivity index is 1.04. The Morgan fingerprint density at radius 2 is 0.768 bits per heavy atom. The molecule has 1 aliphatic rings. The van der Waals surface area contributed by atoms with Gasteiger partial charge in [0.15, 0.2) is 0 Å². The van der Waals surface area contributed by atoms with Crippen molar-refractivity contribution in [3.05, 3.63) is 194 Å². The first kappa shape index (κ1) is 30.0. The van der Waals surface area contributed by atoms with Gasteiger partial charge in [-0.1, -0.05) is 146 Å². The predicted molar refractivity (Wildman–Crippen MR) is 238 cm³/mol. The molecule has 0 saturated carbocycles. The van der Waals surface area contributed by atoms with Gasteiger partial charge in [-0.3, -0.25) is 0 Å². The van der Waals surface area contributed by atoms with Gasteiger partial charge in [-0.2, -0.15) is 0 Å². The third kappa shape index (κ3) is 3.90. The lowest BCUT2D eigenvalue weighted by Crippen LogP contribution is -1.96. The maximum Gasteiger partial charge on any atom is 0.0626 e. The average Bonchev–Trinajstić information content (AvgIpc) is 3.76. The normalized spacial score (nSPS) is 12.3. The summed E-state index contributed by atoms with van der Waals surface area (Å²) in [6.07, 6.45) is 0. The number of rotatable bonds is 3. The Morgan fingerprint density at radius 3 is 1.45 bits per heavy atom. The summed E-state index contributed by atoms with van der Waals surface area (Å²) in [6.45, 7) is 0. The summed E-state index contributed by atoms with van der Waals surface area (Å²) in [6, 6.07) is 71.9. The number of nitrogens with zero attached hydrogens (tertiary/aromatic N) is 2. The lowest BCUT2D eigenvalue weighted by atomic mass is 9.88. The first-order chi connectivity index (χ1) is 27.8. The van der Waals surface area contributed by atoms with Crippen LogP contribution < -0.4 is 0 Å². The van der Waals surface area contributed by atoms with Crippen LogP contribution in [-0.4, -0.2) is 9.13 Å². The molecule has 10 aromatic carbocycles. The highest BCUT2D eigenvalue weighted by Crippen LogP contribution is 2.53. The highest BCUT2D eigenvalue weighted by Gasteiger charge is 2.27. The van der Waals surface area contributed by atoms with Crippen LogP contribution in [0.25, 0.3) is 121 Å². The summed E-state index contributed by atoms with van der Waals surface area (Å²) < 4.78 is 4.90. The third-order valence-corrected chi connectivity index (χ3v) is 12.4. The molecule has 0 radical (unpaired) electrons. The van der Waals surface area contributed by atoms with E-state index in [1.54, 1.807) is 0 Å². The van der Waals surface area contributed by atoms with Crippen LogP contribution >= 0.6 is 0 Å². The van der Waals surface area contributed by atoms with Gasteiger partial charge in [-0.15, -0.1) is 0 Å². The number of hydrogen-bond acceptors (Lipinski definition) is 0. The topological polar surface area (TPSA) is 9.86 Å². The summed E-state index contributed by atoms with van der Waals surface area (Å²) in [5.74, 6) is 0. The number of fused-ring (bicyclic) bond motifs is 11. The van der Waals surface area contributed by atoms with E-state index in [1.807, 2.05) is 0 Å². The summed E-state index contributed by atoms with van der Waals surface area (Å²) in [5.41, 5.74) is 14.8. The van der Waals surface area contributed by atoms with E-state index >= 15 is 0 Å². The molecule has 0 fully saturated rings. The lowest BCUT2D eigenvalue weighted by molar-refractivity contribution is 1.18. The van der Waals surface area contributed by atoms with Crippen molar-refractivity contribution >= 4 is 75.9 Å². The van der Waals surface area contributed by atoms with Crippen molar-refractivity contribution in [1.29, 1.82) is 0 Å². The highest BCUT2D eigenvalue weighted by atomic mass is 15.0. The van der Waals surface area contributed by atoms with Crippen molar-refractivity contribution in [2.24, 2.45) is 0 Å². The van der Waals surface area contributed by atoms with Crippen LogP contribution in [0.3, 0.4) is 0 Å². The van der Waals surface area contributed by atoms with E-state index in [-0.39, 0.29) is 0 Å². The van der Waals surface area contributed by atoms with E-state index in [9.17, 15) is 0 Å². The van der Waals surface area contributed by atoms with E-state index in [0.717, 1.165) is 11.4 Å². The number of aromatic nitrogens is 2. The Hall–Kier alpha value is -7.42. The SMILES string of the molecule is c1ccc2c(c1)-c1cc3ccccc3c3c4ccccc4c4c(c13)c1c-2cccc1n4-c1ccc(-c2ccc(-n3c4ccccc4c4ccccc43)cc2)cc1. The van der Waals surface area contributed by atoms with Crippen LogP contribution in [0, 0.1) is 0 Å². The number of benzene rings is 10. The van der Waals surface area contributed by atoms with Crippen molar-refractivity contribution < 1.29 is 0 Å². The molecule has 0 aliphatic heterocycles. The Labute approximate surface area is 322 Å². The van der Waals surface area contributed by atoms with E-state index < -0.39 is 0 Å². The van der Waals surface area contributed by atoms with Crippen LogP contribution in [0.5, 0.6) is 0 Å². The minimum Gasteiger partial charge on any atom is -0.309 e. The zero-order valence-electron chi connectivity index (χ0n) is 30.4. The second-order valence-electron chi connectivity index (χ2n) is 15.2. The van der Waals surface area contributed by atoms with Crippen LogP contribution in [0.15, 0.2) is 194 Å². The van der Waals surface area contributed by atoms with Crippen molar-refractivity contribution in [2.45, 2.75) is 0 Å². The lowest BCUT2D eigenvalue weighted by Gasteiger charge is -2.18. The first-order valence-corrected chi connectivity index (χ1v) is 19.4. The molecule has 0 spiro atoms. The van der Waals surface area contributed by atoms with Gasteiger partial charge in [0.1, 0.15) is 0 Å². The van der Waals surface area contributed by atoms with Gasteiger partial charge in [0.05, 0.1) is 22.1 Å². The van der Waals surface area contributed by atoms with Crippen molar-refractivity contribution in [3.8, 4) is 44.8 Å². The van der Waals surface area contributed by atoms with Crippen molar-refractivity contribution in [3.63, 3.8) is 0 Å². The van der Waals surface area contributed by atoms with E-state index in [4.69, 9.17) is 0 Å². The molecule has 12 aromatic rings. The first-order valence-electron chi connectivity index (χ1n) is 19.4. The molecule has 13 rings (SSSR count). The third-order valence-electron chi connectivity index (χ3n) is 12.4. The second-order valence-corrected chi connectivity index (χ2v) is 15.2. The molecule has 0 unspecified atom stereocenters. The molecule has 2 aromatic heterocycles. The summed E-state index contributed by atoms with van der Waals surface area (Å²) in [7, 11) is 0. The van der Waals surface area contributed by atoms with E-state index in [1.165, 1.54) is 109 Å². The summed E-state index contributed by atoms with van der Waals surface area (Å²) >= 11 is 0. The molecule has 258 valence electrons. The molecule has 0 N–H and O–H groups in total. The minimum absolute atomic E-state index is 1.16. The monoisotopic (exact) mass is 708 g/mol. The van der Waals surface area contributed by atoms with Crippen LogP contribution in [-0.2, 0) is 0 Å². The van der Waals surface area contributed by atoms with Gasteiger partial charge in [-0.25, -0.2) is 0 Å². The van der Waals surface area contributed by atoms with Gasteiger partial charge in [0.2, 0.25) is 0 Å². The van der Waals surface area contributed by atoms with Gasteiger partial charge < -0.3 is 9.13 Å². The van der Waals surface area contributed by atoms with E-state index in [0.29, 0.717) is 0 Å². The fourth-order valence-corrected chi connectivity index (χ4v) is 10.1. The number of hydrogen-bond donors (Lipinski definition) is 0. The number of para-hydroxylation sites is 2. The molecule has 0 amide bonds. The van der Waals surface area contributed by atoms with Gasteiger partial charge in [-0.05, 0) is 103 Å². The van der Waals surface area contributed by atoms with Crippen LogP contribution in [0.2, 0.25) is 0 Å². The smallest absolute Gasteiger partial charge is 0.0626 e. The van der Waals surface area contributed by atoms with Gasteiger partial charge >= 0.3 is 0 Å². The molecule has 2 nitrogen and oxygen atoms in total. The van der Waals surface area contributed by atoms with Crippen molar-refractivity contribution in [2.75, 3.05) is 0 Å². The molecule has 2 heteroatoms. The quantitative estimate of drug-likeness (QED) is 0.162. The molecular weight excluding hydrogens is 677 g/mol. The van der Waals surface area contributed by atoms with E-state index in [2.05, 4.69) is 203 Å². The van der Waals surface area contributed by atoms with Gasteiger partial charge in [0, 0.05) is 43.7 Å². The van der Waals surface area contributed by atoms with Gasteiger partial charge in [0.25, 0.3) is 0 Å². The Kier molecular flexibility index (Phi) is 5.92.